The Balaban J connectivity index is 2.65. The number of nitrogens with one attached hydrogen (secondary N) is 1. The van der Waals surface area contributed by atoms with Gasteiger partial charge in [0.05, 0.1) is 0 Å². The molecule has 1 rings (SSSR count). The normalized spacial score (nSPS) is 13.2. The van der Waals surface area contributed by atoms with Crippen molar-refractivity contribution in [1.29, 1.82) is 0 Å². The van der Waals surface area contributed by atoms with E-state index in [-0.39, 0.29) is 22.5 Å². The summed E-state index contributed by atoms with van der Waals surface area (Å²) in [6.45, 7) is 1.67. The largest absolute Gasteiger partial charge is 0.481 e. The molecule has 0 fully saturated rings. The number of carboxylic acids is 1. The van der Waals surface area contributed by atoms with Crippen LogP contribution in [0.1, 0.15) is 26.2 Å². The number of carboxylic acid groups (broad SMARTS) is 1. The summed E-state index contributed by atoms with van der Waals surface area (Å²) in [6.07, 6.45) is 2.25. The van der Waals surface area contributed by atoms with Gasteiger partial charge in [-0.25, -0.2) is 18.1 Å². The highest BCUT2D eigenvalue weighted by Gasteiger charge is 2.20. The van der Waals surface area contributed by atoms with Gasteiger partial charge in [-0.3, -0.25) is 4.79 Å². The van der Waals surface area contributed by atoms with Crippen LogP contribution < -0.4 is 4.72 Å². The molecule has 8 heteroatoms. The van der Waals surface area contributed by atoms with Crippen LogP contribution in [0, 0.1) is 0 Å². The maximum Gasteiger partial charge on any atom is 0.303 e. The van der Waals surface area contributed by atoms with Gasteiger partial charge in [0.2, 0.25) is 10.0 Å². The highest BCUT2D eigenvalue weighted by molar-refractivity contribution is 7.89. The van der Waals surface area contributed by atoms with Gasteiger partial charge in [0, 0.05) is 18.7 Å². The number of halogens is 1. The third kappa shape index (κ3) is 5.14. The Kier molecular flexibility index (Phi) is 5.71. The van der Waals surface area contributed by atoms with Crippen molar-refractivity contribution < 1.29 is 18.3 Å². The molecule has 0 saturated carbocycles. The van der Waals surface area contributed by atoms with Gasteiger partial charge < -0.3 is 5.11 Å². The minimum Gasteiger partial charge on any atom is -0.481 e. The van der Waals surface area contributed by atoms with Crippen molar-refractivity contribution in [3.63, 3.8) is 0 Å². The molecule has 1 aromatic rings. The van der Waals surface area contributed by atoms with Gasteiger partial charge in [-0.05, 0) is 31.9 Å². The molecule has 106 valence electrons. The number of hydrogen-bond acceptors (Lipinski definition) is 4. The number of nitrogens with zero attached hydrogens (tertiary/aromatic N) is 1. The van der Waals surface area contributed by atoms with E-state index >= 15 is 0 Å². The number of aromatic nitrogens is 1. The monoisotopic (exact) mass is 306 g/mol. The van der Waals surface area contributed by atoms with E-state index in [0.29, 0.717) is 12.8 Å². The van der Waals surface area contributed by atoms with Gasteiger partial charge in [-0.15, -0.1) is 0 Å². The summed E-state index contributed by atoms with van der Waals surface area (Å²) in [7, 11) is -3.73. The van der Waals surface area contributed by atoms with Crippen molar-refractivity contribution in [1.82, 2.24) is 9.71 Å². The highest BCUT2D eigenvalue weighted by Crippen LogP contribution is 2.18. The van der Waals surface area contributed by atoms with Crippen LogP contribution in [0.3, 0.4) is 0 Å². The predicted molar refractivity (Wildman–Crippen MR) is 70.5 cm³/mol. The number of sulfonamides is 1. The van der Waals surface area contributed by atoms with E-state index in [2.05, 4.69) is 9.71 Å². The van der Waals surface area contributed by atoms with Crippen LogP contribution in [0.2, 0.25) is 5.15 Å². The molecule has 0 spiro atoms. The smallest absolute Gasteiger partial charge is 0.303 e. The fourth-order valence-corrected chi connectivity index (χ4v) is 3.25. The Morgan fingerprint density at radius 1 is 1.58 bits per heavy atom. The Hall–Kier alpha value is -1.18. The predicted octanol–water partition coefficient (Wildman–Crippen LogP) is 1.66. The van der Waals surface area contributed by atoms with Gasteiger partial charge in [-0.2, -0.15) is 0 Å². The van der Waals surface area contributed by atoms with E-state index in [1.807, 2.05) is 0 Å². The van der Waals surface area contributed by atoms with Gasteiger partial charge in [-0.1, -0.05) is 11.6 Å². The molecule has 1 aromatic heterocycles. The van der Waals surface area contributed by atoms with E-state index in [4.69, 9.17) is 16.7 Å². The van der Waals surface area contributed by atoms with E-state index in [9.17, 15) is 13.2 Å². The lowest BCUT2D eigenvalue weighted by Gasteiger charge is -2.14. The van der Waals surface area contributed by atoms with E-state index in [0.717, 1.165) is 0 Å². The summed E-state index contributed by atoms with van der Waals surface area (Å²) < 4.78 is 26.5. The zero-order chi connectivity index (χ0) is 14.5. The lowest BCUT2D eigenvalue weighted by Crippen LogP contribution is -2.32. The SMILES string of the molecule is CC(CCCC(=O)O)NS(=O)(=O)c1cccnc1Cl. The lowest BCUT2D eigenvalue weighted by atomic mass is 10.1. The summed E-state index contributed by atoms with van der Waals surface area (Å²) in [4.78, 5) is 14.0. The molecule has 0 saturated heterocycles. The molecule has 0 aromatic carbocycles. The van der Waals surface area contributed by atoms with Crippen LogP contribution >= 0.6 is 11.6 Å². The maximum atomic E-state index is 12.0. The average molecular weight is 307 g/mol. The van der Waals surface area contributed by atoms with Crippen LogP contribution in [0.25, 0.3) is 0 Å². The number of aliphatic carboxylic acids is 1. The standard InChI is InChI=1S/C11H15ClN2O4S/c1-8(4-2-6-10(15)16)14-19(17,18)9-5-3-7-13-11(9)12/h3,5,7-8,14H,2,4,6H2,1H3,(H,15,16). The first-order valence-corrected chi connectivity index (χ1v) is 7.53. The van der Waals surface area contributed by atoms with Crippen molar-refractivity contribution >= 4 is 27.6 Å². The lowest BCUT2D eigenvalue weighted by molar-refractivity contribution is -0.137. The number of hydrogen-bond donors (Lipinski definition) is 2. The second kappa shape index (κ2) is 6.83. The topological polar surface area (TPSA) is 96.4 Å². The third-order valence-corrected chi connectivity index (χ3v) is 4.43. The molecular formula is C11H15ClN2O4S. The molecule has 19 heavy (non-hydrogen) atoms. The second-order valence-corrected chi connectivity index (χ2v) is 6.14. The van der Waals surface area contributed by atoms with E-state index < -0.39 is 16.0 Å². The van der Waals surface area contributed by atoms with Crippen LogP contribution in [0.15, 0.2) is 23.2 Å². The Labute approximate surface area is 116 Å². The molecule has 0 aliphatic heterocycles. The molecule has 1 unspecified atom stereocenters. The highest BCUT2D eigenvalue weighted by atomic mass is 35.5. The summed E-state index contributed by atoms with van der Waals surface area (Å²) in [5.41, 5.74) is 0. The fourth-order valence-electron chi connectivity index (χ4n) is 1.52. The van der Waals surface area contributed by atoms with Gasteiger partial charge in [0.25, 0.3) is 0 Å². The number of pyridine rings is 1. The quantitative estimate of drug-likeness (QED) is 0.747. The van der Waals surface area contributed by atoms with Gasteiger partial charge >= 0.3 is 5.97 Å². The van der Waals surface area contributed by atoms with Crippen molar-refractivity contribution in [3.05, 3.63) is 23.5 Å². The van der Waals surface area contributed by atoms with Crippen molar-refractivity contribution in [2.24, 2.45) is 0 Å². The first kappa shape index (κ1) is 15.9. The molecule has 1 atom stereocenters. The maximum absolute atomic E-state index is 12.0. The van der Waals surface area contributed by atoms with Gasteiger partial charge in [0.1, 0.15) is 10.0 Å². The van der Waals surface area contributed by atoms with Crippen molar-refractivity contribution in [3.8, 4) is 0 Å². The molecule has 0 amide bonds. The van der Waals surface area contributed by atoms with Crippen molar-refractivity contribution in [2.75, 3.05) is 0 Å². The molecule has 1 heterocycles. The summed E-state index contributed by atoms with van der Waals surface area (Å²) in [5, 5.41) is 8.42. The Morgan fingerprint density at radius 3 is 2.84 bits per heavy atom. The summed E-state index contributed by atoms with van der Waals surface area (Å²) >= 11 is 5.73. The minimum absolute atomic E-state index is 0.0136. The first-order chi connectivity index (χ1) is 8.83. The number of rotatable bonds is 7. The first-order valence-electron chi connectivity index (χ1n) is 5.67. The molecular weight excluding hydrogens is 292 g/mol. The van der Waals surface area contributed by atoms with Crippen LogP contribution in [-0.4, -0.2) is 30.5 Å². The average Bonchev–Trinajstić information content (AvgIpc) is 2.27. The summed E-state index contributed by atoms with van der Waals surface area (Å²) in [6, 6.07) is 2.47. The summed E-state index contributed by atoms with van der Waals surface area (Å²) in [5.74, 6) is -0.898. The Bertz CT molecular complexity index is 547. The zero-order valence-corrected chi connectivity index (χ0v) is 11.9. The second-order valence-electron chi connectivity index (χ2n) is 4.10. The third-order valence-electron chi connectivity index (χ3n) is 2.40. The molecule has 0 radical (unpaired) electrons. The van der Waals surface area contributed by atoms with Gasteiger partial charge in [0.15, 0.2) is 0 Å². The molecule has 0 aliphatic carbocycles. The molecule has 0 bridgehead atoms. The van der Waals surface area contributed by atoms with Crippen molar-refractivity contribution in [2.45, 2.75) is 37.1 Å². The van der Waals surface area contributed by atoms with Crippen LogP contribution in [0.4, 0.5) is 0 Å². The van der Waals surface area contributed by atoms with Crippen LogP contribution in [0.5, 0.6) is 0 Å². The van der Waals surface area contributed by atoms with Crippen LogP contribution in [-0.2, 0) is 14.8 Å². The molecule has 6 nitrogen and oxygen atoms in total. The molecule has 0 aliphatic rings. The molecule has 2 N–H and O–H groups in total. The zero-order valence-electron chi connectivity index (χ0n) is 10.3. The number of carbonyl (C=O) groups is 1. The van der Waals surface area contributed by atoms with E-state index in [1.54, 1.807) is 6.92 Å². The Morgan fingerprint density at radius 2 is 2.26 bits per heavy atom. The fraction of sp³-hybridized carbons (Fsp3) is 0.455. The minimum atomic E-state index is -3.73. The van der Waals surface area contributed by atoms with E-state index in [1.165, 1.54) is 18.3 Å².